The second-order valence-electron chi connectivity index (χ2n) is 9.78. The normalized spacial score (nSPS) is 18.9. The van der Waals surface area contributed by atoms with E-state index < -0.39 is 11.9 Å². The first kappa shape index (κ1) is 25.8. The first-order chi connectivity index (χ1) is 17.1. The highest BCUT2D eigenvalue weighted by atomic mass is 79.9. The van der Waals surface area contributed by atoms with Gasteiger partial charge >= 0.3 is 5.97 Å². The number of hydrogen-bond donors (Lipinski definition) is 2. The van der Waals surface area contributed by atoms with E-state index in [1.807, 2.05) is 37.3 Å². The Kier molecular flexibility index (Phi) is 7.45. The van der Waals surface area contributed by atoms with Crippen LogP contribution >= 0.6 is 15.9 Å². The van der Waals surface area contributed by atoms with Gasteiger partial charge in [0, 0.05) is 29.3 Å². The molecular formula is C28H30BrNO6. The number of ketones is 1. The summed E-state index contributed by atoms with van der Waals surface area (Å²) in [6, 6.07) is 12.7. The summed E-state index contributed by atoms with van der Waals surface area (Å²) in [5.74, 6) is -0.347. The Balaban J connectivity index is 1.67. The molecular weight excluding hydrogens is 526 g/mol. The van der Waals surface area contributed by atoms with E-state index in [1.54, 1.807) is 12.1 Å². The van der Waals surface area contributed by atoms with Gasteiger partial charge in [-0.05, 0) is 64.5 Å². The van der Waals surface area contributed by atoms with Crippen molar-refractivity contribution in [2.24, 2.45) is 5.41 Å². The maximum absolute atomic E-state index is 13.4. The molecule has 0 saturated carbocycles. The van der Waals surface area contributed by atoms with Crippen LogP contribution in [0, 0.1) is 5.41 Å². The van der Waals surface area contributed by atoms with Crippen molar-refractivity contribution in [1.29, 1.82) is 0 Å². The summed E-state index contributed by atoms with van der Waals surface area (Å²) >= 11 is 3.38. The number of rotatable bonds is 7. The molecule has 2 aromatic rings. The van der Waals surface area contributed by atoms with Gasteiger partial charge in [0.25, 0.3) is 0 Å². The number of phenols is 1. The lowest BCUT2D eigenvalue weighted by atomic mass is 9.68. The van der Waals surface area contributed by atoms with E-state index in [0.29, 0.717) is 45.5 Å². The number of carbonyl (C=O) groups excluding carboxylic acids is 2. The number of hydrogen-bond acceptors (Lipinski definition) is 7. The summed E-state index contributed by atoms with van der Waals surface area (Å²) in [5, 5.41) is 13.7. The second-order valence-corrected chi connectivity index (χ2v) is 10.6. The van der Waals surface area contributed by atoms with Gasteiger partial charge in [-0.15, -0.1) is 0 Å². The minimum Gasteiger partial charge on any atom is -0.503 e. The van der Waals surface area contributed by atoms with Crippen LogP contribution in [-0.2, 0) is 14.3 Å². The number of esters is 1. The highest BCUT2D eigenvalue weighted by Gasteiger charge is 2.43. The minimum absolute atomic E-state index is 0.0212. The molecule has 1 aliphatic heterocycles. The number of ether oxygens (including phenoxy) is 3. The quantitative estimate of drug-likeness (QED) is 0.349. The summed E-state index contributed by atoms with van der Waals surface area (Å²) in [5.41, 5.74) is 2.78. The van der Waals surface area contributed by atoms with Crippen LogP contribution in [0.2, 0.25) is 0 Å². The number of dihydropyridines is 1. The zero-order valence-corrected chi connectivity index (χ0v) is 22.4. The molecule has 0 radical (unpaired) electrons. The number of allylic oxidation sites excluding steroid dienone is 3. The van der Waals surface area contributed by atoms with Gasteiger partial charge in [-0.3, -0.25) is 4.79 Å². The molecule has 7 nitrogen and oxygen atoms in total. The molecule has 2 aliphatic rings. The van der Waals surface area contributed by atoms with Crippen LogP contribution in [0.25, 0.3) is 0 Å². The van der Waals surface area contributed by atoms with Crippen molar-refractivity contribution < 1.29 is 28.9 Å². The van der Waals surface area contributed by atoms with Crippen molar-refractivity contribution in [3.63, 3.8) is 0 Å². The smallest absolute Gasteiger partial charge is 0.336 e. The van der Waals surface area contributed by atoms with Crippen LogP contribution < -0.4 is 14.8 Å². The lowest BCUT2D eigenvalue weighted by Crippen LogP contribution is -2.38. The van der Waals surface area contributed by atoms with Gasteiger partial charge in [0.05, 0.1) is 17.2 Å². The number of carbonyl (C=O) groups is 2. The Morgan fingerprint density at radius 1 is 1.17 bits per heavy atom. The molecule has 0 aromatic heterocycles. The third-order valence-electron chi connectivity index (χ3n) is 6.39. The van der Waals surface area contributed by atoms with Gasteiger partial charge in [0.15, 0.2) is 17.3 Å². The van der Waals surface area contributed by atoms with Gasteiger partial charge in [0.2, 0.25) is 0 Å². The molecule has 0 saturated heterocycles. The van der Waals surface area contributed by atoms with E-state index in [4.69, 9.17) is 14.2 Å². The lowest BCUT2D eigenvalue weighted by Gasteiger charge is -2.39. The molecule has 4 rings (SSSR count). The standard InChI is InChI=1S/C28H30BrNO6/c1-16-23(27(33)36-11-10-35-18-8-6-5-7-9-18)24(17-12-19(29)26(32)22(13-17)34-4)25-20(30-16)14-28(2,3)15-21(25)31/h5-9,12-13,24,30,32H,10-11,14-15H2,1-4H3/t24-/m1/s1. The number of halogens is 1. The highest BCUT2D eigenvalue weighted by molar-refractivity contribution is 9.10. The Labute approximate surface area is 219 Å². The maximum atomic E-state index is 13.4. The van der Waals surface area contributed by atoms with Crippen molar-refractivity contribution in [3.05, 3.63) is 75.0 Å². The molecule has 1 atom stereocenters. The predicted octanol–water partition coefficient (Wildman–Crippen LogP) is 5.39. The molecule has 0 fully saturated rings. The molecule has 2 aromatic carbocycles. The highest BCUT2D eigenvalue weighted by Crippen LogP contribution is 2.49. The van der Waals surface area contributed by atoms with Gasteiger partial charge in [-0.25, -0.2) is 4.79 Å². The number of benzene rings is 2. The zero-order valence-electron chi connectivity index (χ0n) is 20.8. The average molecular weight is 556 g/mol. The third-order valence-corrected chi connectivity index (χ3v) is 7.00. The Bertz CT molecular complexity index is 1250. The van der Waals surface area contributed by atoms with Crippen LogP contribution in [0.15, 0.2) is 69.5 Å². The predicted molar refractivity (Wildman–Crippen MR) is 139 cm³/mol. The van der Waals surface area contributed by atoms with E-state index in [2.05, 4.69) is 35.1 Å². The number of Topliss-reactive ketones (excluding diaryl/α,β-unsaturated/α-hetero) is 1. The molecule has 0 amide bonds. The van der Waals surface area contributed by atoms with Gasteiger partial charge in [0.1, 0.15) is 19.0 Å². The van der Waals surface area contributed by atoms with Gasteiger partial charge < -0.3 is 24.6 Å². The fraction of sp³-hybridized carbons (Fsp3) is 0.357. The summed E-state index contributed by atoms with van der Waals surface area (Å²) in [7, 11) is 1.45. The summed E-state index contributed by atoms with van der Waals surface area (Å²) in [6.45, 7) is 6.17. The molecule has 0 spiro atoms. The van der Waals surface area contributed by atoms with Crippen molar-refractivity contribution in [2.45, 2.75) is 39.5 Å². The SMILES string of the molecule is COc1cc([C@@H]2C(C(=O)OCCOc3ccccc3)=C(C)NC3=C2C(=O)CC(C)(C)C3)cc(Br)c1O. The average Bonchev–Trinajstić information content (AvgIpc) is 2.82. The number of para-hydroxylation sites is 1. The minimum atomic E-state index is -0.668. The molecule has 1 heterocycles. The molecule has 8 heteroatoms. The first-order valence-corrected chi connectivity index (χ1v) is 12.6. The van der Waals surface area contributed by atoms with E-state index in [0.717, 1.165) is 5.70 Å². The van der Waals surface area contributed by atoms with E-state index in [-0.39, 0.29) is 35.9 Å². The lowest BCUT2D eigenvalue weighted by molar-refractivity contribution is -0.140. The maximum Gasteiger partial charge on any atom is 0.336 e. The summed E-state index contributed by atoms with van der Waals surface area (Å²) in [4.78, 5) is 26.9. The Hall–Kier alpha value is -3.26. The molecule has 0 unspecified atom stereocenters. The van der Waals surface area contributed by atoms with E-state index in [1.165, 1.54) is 7.11 Å². The molecule has 1 aliphatic carbocycles. The Morgan fingerprint density at radius 2 is 1.89 bits per heavy atom. The molecule has 2 N–H and O–H groups in total. The van der Waals surface area contributed by atoms with E-state index in [9.17, 15) is 14.7 Å². The van der Waals surface area contributed by atoms with Crippen molar-refractivity contribution in [2.75, 3.05) is 20.3 Å². The summed E-state index contributed by atoms with van der Waals surface area (Å²) in [6.07, 6.45) is 1.04. The van der Waals surface area contributed by atoms with Crippen LogP contribution in [0.4, 0.5) is 0 Å². The first-order valence-electron chi connectivity index (χ1n) is 11.8. The number of aromatic hydroxyl groups is 1. The zero-order chi connectivity index (χ0) is 26.0. The van der Waals surface area contributed by atoms with Crippen LogP contribution in [0.1, 0.15) is 45.1 Å². The van der Waals surface area contributed by atoms with Crippen LogP contribution in [0.5, 0.6) is 17.2 Å². The largest absolute Gasteiger partial charge is 0.503 e. The fourth-order valence-corrected chi connectivity index (χ4v) is 5.30. The fourth-order valence-electron chi connectivity index (χ4n) is 4.84. The van der Waals surface area contributed by atoms with E-state index >= 15 is 0 Å². The molecule has 36 heavy (non-hydrogen) atoms. The van der Waals surface area contributed by atoms with Gasteiger partial charge in [-0.2, -0.15) is 0 Å². The third kappa shape index (κ3) is 5.28. The Morgan fingerprint density at radius 3 is 2.58 bits per heavy atom. The number of methoxy groups -OCH3 is 1. The van der Waals surface area contributed by atoms with Gasteiger partial charge in [-0.1, -0.05) is 32.0 Å². The van der Waals surface area contributed by atoms with Crippen LogP contribution in [0.3, 0.4) is 0 Å². The molecule has 0 bridgehead atoms. The second kappa shape index (κ2) is 10.4. The topological polar surface area (TPSA) is 94.1 Å². The summed E-state index contributed by atoms with van der Waals surface area (Å²) < 4.78 is 17.0. The van der Waals surface area contributed by atoms with Crippen LogP contribution in [-0.4, -0.2) is 37.2 Å². The monoisotopic (exact) mass is 555 g/mol. The van der Waals surface area contributed by atoms with Crippen molar-refractivity contribution in [3.8, 4) is 17.2 Å². The van der Waals surface area contributed by atoms with Crippen molar-refractivity contribution >= 4 is 27.7 Å². The molecule has 190 valence electrons. The number of nitrogens with one attached hydrogen (secondary N) is 1. The number of phenolic OH excluding ortho intramolecular Hbond substituents is 1. The van der Waals surface area contributed by atoms with Crippen molar-refractivity contribution in [1.82, 2.24) is 5.32 Å².